The van der Waals surface area contributed by atoms with Gasteiger partial charge in [0.1, 0.15) is 0 Å². The van der Waals surface area contributed by atoms with Crippen LogP contribution in [0.1, 0.15) is 32.7 Å². The molecule has 0 aromatic heterocycles. The Hall–Kier alpha value is -1.68. The quantitative estimate of drug-likeness (QED) is 0.698. The van der Waals surface area contributed by atoms with E-state index in [1.807, 2.05) is 30.3 Å². The molecule has 0 bridgehead atoms. The second-order valence-corrected chi connectivity index (χ2v) is 5.38. The van der Waals surface area contributed by atoms with Crippen LogP contribution < -0.4 is 5.32 Å². The SMILES string of the molecule is O=C1NC(=O)c2c1c(CCCBr)cc1ccccc21. The minimum Gasteiger partial charge on any atom is -0.288 e. The molecule has 0 spiro atoms. The number of hydrogen-bond acceptors (Lipinski definition) is 2. The summed E-state index contributed by atoms with van der Waals surface area (Å²) in [5, 5.41) is 5.14. The molecule has 96 valence electrons. The van der Waals surface area contributed by atoms with Crippen molar-refractivity contribution in [3.05, 3.63) is 47.0 Å². The number of aryl methyl sites for hydroxylation is 1. The van der Waals surface area contributed by atoms with Gasteiger partial charge >= 0.3 is 0 Å². The third-order valence-electron chi connectivity index (χ3n) is 3.39. The van der Waals surface area contributed by atoms with Gasteiger partial charge in [-0.1, -0.05) is 46.3 Å². The van der Waals surface area contributed by atoms with Crippen molar-refractivity contribution in [2.75, 3.05) is 5.33 Å². The monoisotopic (exact) mass is 317 g/mol. The van der Waals surface area contributed by atoms with Gasteiger partial charge in [-0.25, -0.2) is 0 Å². The van der Waals surface area contributed by atoms with E-state index in [-0.39, 0.29) is 11.8 Å². The number of rotatable bonds is 3. The number of fused-ring (bicyclic) bond motifs is 3. The minimum absolute atomic E-state index is 0.268. The van der Waals surface area contributed by atoms with Crippen LogP contribution in [0.4, 0.5) is 0 Å². The minimum atomic E-state index is -0.281. The maximum atomic E-state index is 12.0. The molecule has 2 amide bonds. The summed E-state index contributed by atoms with van der Waals surface area (Å²) in [6.45, 7) is 0. The molecule has 0 atom stereocenters. The van der Waals surface area contributed by atoms with Crippen LogP contribution in [-0.4, -0.2) is 17.1 Å². The molecule has 0 unspecified atom stereocenters. The van der Waals surface area contributed by atoms with Crippen LogP contribution in [0.2, 0.25) is 0 Å². The van der Waals surface area contributed by atoms with E-state index in [1.165, 1.54) is 0 Å². The van der Waals surface area contributed by atoms with Gasteiger partial charge in [-0.15, -0.1) is 0 Å². The summed E-state index contributed by atoms with van der Waals surface area (Å²) in [6.07, 6.45) is 1.73. The summed E-state index contributed by atoms with van der Waals surface area (Å²) in [5.41, 5.74) is 2.05. The third-order valence-corrected chi connectivity index (χ3v) is 3.95. The molecule has 0 saturated carbocycles. The fraction of sp³-hybridized carbons (Fsp3) is 0.200. The molecule has 1 aliphatic heterocycles. The first kappa shape index (κ1) is 12.4. The molecule has 0 aliphatic carbocycles. The predicted octanol–water partition coefficient (Wildman–Crippen LogP) is 3.05. The molecule has 3 rings (SSSR count). The van der Waals surface area contributed by atoms with Crippen molar-refractivity contribution >= 4 is 38.5 Å². The molecule has 0 radical (unpaired) electrons. The van der Waals surface area contributed by atoms with Crippen molar-refractivity contribution in [3.8, 4) is 0 Å². The molecule has 4 heteroatoms. The van der Waals surface area contributed by atoms with E-state index in [4.69, 9.17) is 0 Å². The molecular weight excluding hydrogens is 306 g/mol. The Balaban J connectivity index is 2.30. The Kier molecular flexibility index (Phi) is 3.11. The smallest absolute Gasteiger partial charge is 0.259 e. The maximum Gasteiger partial charge on any atom is 0.259 e. The first-order chi connectivity index (χ1) is 9.22. The first-order valence-electron chi connectivity index (χ1n) is 6.18. The molecule has 2 aromatic carbocycles. The molecule has 0 saturated heterocycles. The van der Waals surface area contributed by atoms with Crippen LogP contribution in [0.25, 0.3) is 10.8 Å². The largest absolute Gasteiger partial charge is 0.288 e. The summed E-state index contributed by atoms with van der Waals surface area (Å²) < 4.78 is 0. The number of nitrogens with one attached hydrogen (secondary N) is 1. The van der Waals surface area contributed by atoms with Crippen LogP contribution in [-0.2, 0) is 6.42 Å². The van der Waals surface area contributed by atoms with E-state index in [2.05, 4.69) is 21.2 Å². The lowest BCUT2D eigenvalue weighted by molar-refractivity contribution is 0.0880. The number of carbonyl (C=O) groups is 2. The summed E-state index contributed by atoms with van der Waals surface area (Å²) in [7, 11) is 0. The Bertz CT molecular complexity index is 694. The van der Waals surface area contributed by atoms with Crippen LogP contribution in [0.15, 0.2) is 30.3 Å². The number of carbonyl (C=O) groups excluding carboxylic acids is 2. The molecule has 19 heavy (non-hydrogen) atoms. The second-order valence-electron chi connectivity index (χ2n) is 4.58. The Morgan fingerprint density at radius 3 is 2.58 bits per heavy atom. The summed E-state index contributed by atoms with van der Waals surface area (Å²) in [4.78, 5) is 23.9. The van der Waals surface area contributed by atoms with Crippen LogP contribution in [0.5, 0.6) is 0 Å². The van der Waals surface area contributed by atoms with Crippen molar-refractivity contribution in [1.82, 2.24) is 5.32 Å². The number of benzene rings is 2. The Morgan fingerprint density at radius 2 is 1.79 bits per heavy atom. The zero-order valence-electron chi connectivity index (χ0n) is 10.2. The van der Waals surface area contributed by atoms with E-state index in [0.29, 0.717) is 11.1 Å². The van der Waals surface area contributed by atoms with Crippen molar-refractivity contribution < 1.29 is 9.59 Å². The average molecular weight is 318 g/mol. The number of imide groups is 1. The number of amides is 2. The fourth-order valence-electron chi connectivity index (χ4n) is 2.58. The van der Waals surface area contributed by atoms with E-state index in [9.17, 15) is 9.59 Å². The van der Waals surface area contributed by atoms with E-state index in [0.717, 1.165) is 34.5 Å². The summed E-state index contributed by atoms with van der Waals surface area (Å²) >= 11 is 3.40. The number of hydrogen-bond donors (Lipinski definition) is 1. The van der Waals surface area contributed by atoms with Crippen molar-refractivity contribution in [2.24, 2.45) is 0 Å². The van der Waals surface area contributed by atoms with Gasteiger partial charge in [-0.3, -0.25) is 14.9 Å². The standard InChI is InChI=1S/C15H12BrNO2/c16-7-3-5-10-8-9-4-1-2-6-11(9)13-12(10)14(18)17-15(13)19/h1-2,4,6,8H,3,5,7H2,(H,17,18,19). The van der Waals surface area contributed by atoms with Gasteiger partial charge in [-0.2, -0.15) is 0 Å². The van der Waals surface area contributed by atoms with Gasteiger partial charge in [0.15, 0.2) is 0 Å². The molecule has 2 aromatic rings. The lowest BCUT2D eigenvalue weighted by atomic mass is 9.93. The van der Waals surface area contributed by atoms with Crippen LogP contribution >= 0.6 is 15.9 Å². The number of alkyl halides is 1. The zero-order chi connectivity index (χ0) is 13.4. The highest BCUT2D eigenvalue weighted by atomic mass is 79.9. The Labute approximate surface area is 119 Å². The van der Waals surface area contributed by atoms with E-state index >= 15 is 0 Å². The van der Waals surface area contributed by atoms with Gasteiger partial charge in [0.25, 0.3) is 11.8 Å². The van der Waals surface area contributed by atoms with Crippen molar-refractivity contribution in [3.63, 3.8) is 0 Å². The normalized spacial score (nSPS) is 13.7. The first-order valence-corrected chi connectivity index (χ1v) is 7.31. The number of halogens is 1. The molecule has 0 fully saturated rings. The third kappa shape index (κ3) is 1.96. The lowest BCUT2D eigenvalue weighted by Crippen LogP contribution is -2.20. The van der Waals surface area contributed by atoms with E-state index in [1.54, 1.807) is 0 Å². The molecule has 1 N–H and O–H groups in total. The van der Waals surface area contributed by atoms with Crippen LogP contribution in [0.3, 0.4) is 0 Å². The van der Waals surface area contributed by atoms with Gasteiger partial charge in [-0.05, 0) is 29.2 Å². The molecule has 1 aliphatic rings. The lowest BCUT2D eigenvalue weighted by Gasteiger charge is -2.08. The molecule has 1 heterocycles. The fourth-order valence-corrected chi connectivity index (χ4v) is 2.86. The Morgan fingerprint density at radius 1 is 1.05 bits per heavy atom. The highest BCUT2D eigenvalue weighted by Crippen LogP contribution is 2.30. The van der Waals surface area contributed by atoms with Crippen molar-refractivity contribution in [2.45, 2.75) is 12.8 Å². The second kappa shape index (κ2) is 4.78. The van der Waals surface area contributed by atoms with Gasteiger partial charge in [0.2, 0.25) is 0 Å². The summed E-state index contributed by atoms with van der Waals surface area (Å²) in [6, 6.07) is 9.72. The zero-order valence-corrected chi connectivity index (χ0v) is 11.8. The van der Waals surface area contributed by atoms with Crippen molar-refractivity contribution in [1.29, 1.82) is 0 Å². The van der Waals surface area contributed by atoms with Gasteiger partial charge in [0.05, 0.1) is 11.1 Å². The summed E-state index contributed by atoms with van der Waals surface area (Å²) in [5.74, 6) is -0.549. The highest BCUT2D eigenvalue weighted by Gasteiger charge is 2.31. The molecule has 3 nitrogen and oxygen atoms in total. The predicted molar refractivity (Wildman–Crippen MR) is 77.9 cm³/mol. The van der Waals surface area contributed by atoms with Crippen LogP contribution in [0, 0.1) is 0 Å². The highest BCUT2D eigenvalue weighted by molar-refractivity contribution is 9.09. The average Bonchev–Trinajstić information content (AvgIpc) is 2.72. The van der Waals surface area contributed by atoms with Gasteiger partial charge < -0.3 is 0 Å². The topological polar surface area (TPSA) is 46.2 Å². The van der Waals surface area contributed by atoms with E-state index < -0.39 is 0 Å². The maximum absolute atomic E-state index is 12.0. The molecular formula is C15H12BrNO2. The van der Waals surface area contributed by atoms with Gasteiger partial charge in [0, 0.05) is 5.33 Å².